The van der Waals surface area contributed by atoms with E-state index < -0.39 is 16.1 Å². The maximum atomic E-state index is 13.2. The molecule has 1 unspecified atom stereocenters. The second-order valence-electron chi connectivity index (χ2n) is 7.31. The highest BCUT2D eigenvalue weighted by atomic mass is 32.2. The van der Waals surface area contributed by atoms with E-state index in [9.17, 15) is 8.42 Å². The van der Waals surface area contributed by atoms with Crippen molar-refractivity contribution < 1.29 is 17.7 Å². The number of aromatic nitrogens is 4. The fourth-order valence-corrected chi connectivity index (χ4v) is 5.09. The molecule has 1 aliphatic rings. The maximum absolute atomic E-state index is 13.2. The van der Waals surface area contributed by atoms with Gasteiger partial charge in [-0.3, -0.25) is 4.68 Å². The summed E-state index contributed by atoms with van der Waals surface area (Å²) in [5, 5.41) is 8.15. The normalized spacial score (nSPS) is 17.9. The van der Waals surface area contributed by atoms with E-state index >= 15 is 0 Å². The summed E-state index contributed by atoms with van der Waals surface area (Å²) in [6, 6.07) is 7.20. The number of benzene rings is 1. The zero-order chi connectivity index (χ0) is 21.1. The molecule has 0 bridgehead atoms. The number of ether oxygens (including phenoxy) is 1. The van der Waals surface area contributed by atoms with Gasteiger partial charge in [0.05, 0.1) is 12.2 Å². The third-order valence-electron chi connectivity index (χ3n) is 5.16. The van der Waals surface area contributed by atoms with Crippen LogP contribution in [0.15, 0.2) is 46.1 Å². The van der Waals surface area contributed by atoms with Crippen molar-refractivity contribution in [3.8, 4) is 5.75 Å². The van der Waals surface area contributed by atoms with Gasteiger partial charge in [-0.05, 0) is 38.8 Å². The Bertz CT molecular complexity index is 1090. The van der Waals surface area contributed by atoms with Crippen molar-refractivity contribution >= 4 is 10.0 Å². The molecule has 10 heteroatoms. The van der Waals surface area contributed by atoms with Crippen molar-refractivity contribution in [2.24, 2.45) is 0 Å². The van der Waals surface area contributed by atoms with E-state index in [1.54, 1.807) is 10.9 Å². The van der Waals surface area contributed by atoms with Gasteiger partial charge in [0.2, 0.25) is 10.0 Å². The lowest BCUT2D eigenvalue weighted by atomic mass is 10.0. The molecule has 0 spiro atoms. The first-order valence-corrected chi connectivity index (χ1v) is 11.5. The summed E-state index contributed by atoms with van der Waals surface area (Å²) < 4.78 is 40.5. The monoisotopic (exact) mass is 431 g/mol. The lowest BCUT2D eigenvalue weighted by molar-refractivity contribution is 0.231. The molecule has 0 saturated carbocycles. The first-order valence-electron chi connectivity index (χ1n) is 10.0. The summed E-state index contributed by atoms with van der Waals surface area (Å²) in [5.74, 6) is 1.38. The van der Waals surface area contributed by atoms with Crippen molar-refractivity contribution in [3.05, 3.63) is 53.9 Å². The fourth-order valence-electron chi connectivity index (χ4n) is 3.48. The highest BCUT2D eigenvalue weighted by Gasteiger charge is 2.37. The van der Waals surface area contributed by atoms with Gasteiger partial charge < -0.3 is 9.26 Å². The molecule has 0 N–H and O–H groups in total. The van der Waals surface area contributed by atoms with E-state index in [2.05, 4.69) is 15.2 Å². The summed E-state index contributed by atoms with van der Waals surface area (Å²) in [6.45, 7) is 5.05. The van der Waals surface area contributed by atoms with Crippen LogP contribution in [0, 0.1) is 6.92 Å². The summed E-state index contributed by atoms with van der Waals surface area (Å²) >= 11 is 0. The third kappa shape index (κ3) is 4.24. The fraction of sp³-hybridized carbons (Fsp3) is 0.450. The Morgan fingerprint density at radius 2 is 2.03 bits per heavy atom. The van der Waals surface area contributed by atoms with E-state index in [1.807, 2.05) is 38.1 Å². The molecule has 0 radical (unpaired) electrons. The first-order chi connectivity index (χ1) is 14.5. The van der Waals surface area contributed by atoms with Crippen LogP contribution in [0.2, 0.25) is 0 Å². The van der Waals surface area contributed by atoms with Crippen LogP contribution >= 0.6 is 0 Å². The van der Waals surface area contributed by atoms with Crippen LogP contribution in [0.4, 0.5) is 0 Å². The van der Waals surface area contributed by atoms with Gasteiger partial charge in [0, 0.05) is 19.3 Å². The SMILES string of the molecule is CCn1cc(S(=O)(=O)N2CCCCC2c2noc(COc3ccc(C)cc3)n2)cn1. The Labute approximate surface area is 175 Å². The Hall–Kier alpha value is -2.72. The molecule has 1 aromatic carbocycles. The van der Waals surface area contributed by atoms with Crippen LogP contribution in [-0.4, -0.2) is 39.2 Å². The summed E-state index contributed by atoms with van der Waals surface area (Å²) in [4.78, 5) is 4.60. The minimum Gasteiger partial charge on any atom is -0.484 e. The van der Waals surface area contributed by atoms with Crippen LogP contribution in [0.5, 0.6) is 5.75 Å². The van der Waals surface area contributed by atoms with Gasteiger partial charge in [0.1, 0.15) is 10.6 Å². The number of piperidine rings is 1. The van der Waals surface area contributed by atoms with Crippen LogP contribution in [0.3, 0.4) is 0 Å². The lowest BCUT2D eigenvalue weighted by Crippen LogP contribution is -2.38. The smallest absolute Gasteiger partial charge is 0.264 e. The van der Waals surface area contributed by atoms with Crippen LogP contribution in [0.1, 0.15) is 49.5 Å². The van der Waals surface area contributed by atoms with Gasteiger partial charge >= 0.3 is 0 Å². The highest BCUT2D eigenvalue weighted by molar-refractivity contribution is 7.89. The van der Waals surface area contributed by atoms with Crippen LogP contribution in [0.25, 0.3) is 0 Å². The van der Waals surface area contributed by atoms with Gasteiger partial charge in [0.15, 0.2) is 12.4 Å². The van der Waals surface area contributed by atoms with Crippen molar-refractivity contribution in [3.63, 3.8) is 0 Å². The highest BCUT2D eigenvalue weighted by Crippen LogP contribution is 2.34. The predicted molar refractivity (Wildman–Crippen MR) is 108 cm³/mol. The van der Waals surface area contributed by atoms with E-state index in [0.717, 1.165) is 18.4 Å². The standard InChI is InChI=1S/C20H25N5O4S/c1-3-24-13-17(12-21-24)30(26,27)25-11-5-4-6-18(25)20-22-19(29-23-20)14-28-16-9-7-15(2)8-10-16/h7-10,12-13,18H,3-6,11,14H2,1-2H3. The van der Waals surface area contributed by atoms with Gasteiger partial charge in [-0.15, -0.1) is 0 Å². The molecule has 3 aromatic rings. The predicted octanol–water partition coefficient (Wildman–Crippen LogP) is 3.09. The van der Waals surface area contributed by atoms with E-state index in [-0.39, 0.29) is 11.5 Å². The van der Waals surface area contributed by atoms with Crippen molar-refractivity contribution in [1.82, 2.24) is 24.2 Å². The average Bonchev–Trinajstić information content (AvgIpc) is 3.43. The van der Waals surface area contributed by atoms with Gasteiger partial charge in [-0.2, -0.15) is 14.4 Å². The third-order valence-corrected chi connectivity index (χ3v) is 7.02. The van der Waals surface area contributed by atoms with Gasteiger partial charge in [0.25, 0.3) is 5.89 Å². The molecular formula is C20H25N5O4S. The van der Waals surface area contributed by atoms with E-state index in [0.29, 0.717) is 37.0 Å². The van der Waals surface area contributed by atoms with Gasteiger partial charge in [-0.1, -0.05) is 29.3 Å². The molecule has 1 saturated heterocycles. The summed E-state index contributed by atoms with van der Waals surface area (Å²) in [6.07, 6.45) is 5.27. The van der Waals surface area contributed by atoms with E-state index in [4.69, 9.17) is 9.26 Å². The quantitative estimate of drug-likeness (QED) is 0.566. The van der Waals surface area contributed by atoms with Crippen molar-refractivity contribution in [2.75, 3.05) is 6.54 Å². The number of nitrogens with zero attached hydrogens (tertiary/aromatic N) is 5. The molecule has 1 fully saturated rings. The van der Waals surface area contributed by atoms with Crippen LogP contribution < -0.4 is 4.74 Å². The molecule has 0 aliphatic carbocycles. The Balaban J connectivity index is 1.51. The minimum absolute atomic E-state index is 0.124. The molecule has 0 amide bonds. The van der Waals surface area contributed by atoms with Crippen molar-refractivity contribution in [2.45, 2.75) is 57.2 Å². The molecule has 4 rings (SSSR count). The first kappa shape index (κ1) is 20.5. The molecular weight excluding hydrogens is 406 g/mol. The van der Waals surface area contributed by atoms with Gasteiger partial charge in [-0.25, -0.2) is 8.42 Å². The Morgan fingerprint density at radius 3 is 2.77 bits per heavy atom. The molecule has 2 aromatic heterocycles. The molecule has 3 heterocycles. The Morgan fingerprint density at radius 1 is 1.23 bits per heavy atom. The average molecular weight is 432 g/mol. The van der Waals surface area contributed by atoms with Crippen LogP contribution in [-0.2, 0) is 23.2 Å². The maximum Gasteiger partial charge on any atom is 0.264 e. The summed E-state index contributed by atoms with van der Waals surface area (Å²) in [5.41, 5.74) is 1.14. The number of sulfonamides is 1. The molecule has 9 nitrogen and oxygen atoms in total. The minimum atomic E-state index is -3.70. The summed E-state index contributed by atoms with van der Waals surface area (Å²) in [7, 11) is -3.70. The molecule has 1 atom stereocenters. The number of aryl methyl sites for hydroxylation is 2. The topological polar surface area (TPSA) is 103 Å². The zero-order valence-electron chi connectivity index (χ0n) is 17.1. The number of hydrogen-bond acceptors (Lipinski definition) is 7. The second kappa shape index (κ2) is 8.57. The molecule has 1 aliphatic heterocycles. The largest absolute Gasteiger partial charge is 0.484 e. The second-order valence-corrected chi connectivity index (χ2v) is 9.20. The lowest BCUT2D eigenvalue weighted by Gasteiger charge is -2.32. The molecule has 160 valence electrons. The number of rotatable bonds is 7. The Kier molecular flexibility index (Phi) is 5.87. The number of hydrogen-bond donors (Lipinski definition) is 0. The zero-order valence-corrected chi connectivity index (χ0v) is 17.9. The van der Waals surface area contributed by atoms with E-state index in [1.165, 1.54) is 10.5 Å². The molecule has 30 heavy (non-hydrogen) atoms. The van der Waals surface area contributed by atoms with Crippen molar-refractivity contribution in [1.29, 1.82) is 0 Å².